The van der Waals surface area contributed by atoms with Crippen molar-refractivity contribution in [2.45, 2.75) is 26.7 Å². The van der Waals surface area contributed by atoms with Gasteiger partial charge in [-0.05, 0) is 44.4 Å². The van der Waals surface area contributed by atoms with Crippen molar-refractivity contribution in [1.29, 1.82) is 0 Å². The predicted molar refractivity (Wildman–Crippen MR) is 119 cm³/mol. The Morgan fingerprint density at radius 2 is 2.15 bits per heavy atom. The SMILES string of the molecule is CCOc1cc(NC(=NC)NCCN2CCCC(C)C2)ccc1OC.I. The third kappa shape index (κ3) is 7.19. The van der Waals surface area contributed by atoms with Gasteiger partial charge in [0.2, 0.25) is 0 Å². The fourth-order valence-electron chi connectivity index (χ4n) is 3.16. The summed E-state index contributed by atoms with van der Waals surface area (Å²) in [5.74, 6) is 3.03. The molecule has 6 nitrogen and oxygen atoms in total. The van der Waals surface area contributed by atoms with E-state index in [-0.39, 0.29) is 24.0 Å². The monoisotopic (exact) mass is 476 g/mol. The highest BCUT2D eigenvalue weighted by atomic mass is 127. The molecule has 0 spiro atoms. The Morgan fingerprint density at radius 3 is 2.81 bits per heavy atom. The number of hydrogen-bond donors (Lipinski definition) is 2. The van der Waals surface area contributed by atoms with E-state index in [0.29, 0.717) is 6.61 Å². The molecule has 0 aromatic heterocycles. The minimum Gasteiger partial charge on any atom is -0.493 e. The molecule has 1 atom stereocenters. The van der Waals surface area contributed by atoms with Crippen molar-refractivity contribution in [1.82, 2.24) is 10.2 Å². The first kappa shape index (κ1) is 22.8. The quantitative estimate of drug-likeness (QED) is 0.359. The van der Waals surface area contributed by atoms with Crippen molar-refractivity contribution < 1.29 is 9.47 Å². The standard InChI is InChI=1S/C19H32N4O2.HI/c1-5-25-18-13-16(8-9-17(18)24-4)22-19(20-3)21-10-12-23-11-6-7-15(2)14-23;/h8-9,13,15H,5-7,10-12,14H2,1-4H3,(H2,20,21,22);1H. The molecule has 0 amide bonds. The van der Waals surface area contributed by atoms with Crippen LogP contribution >= 0.6 is 24.0 Å². The average molecular weight is 476 g/mol. The Labute approximate surface area is 174 Å². The number of guanidine groups is 1. The normalized spacial score (nSPS) is 18.0. The number of anilines is 1. The Balaban J connectivity index is 0.00000338. The zero-order valence-corrected chi connectivity index (χ0v) is 18.7. The number of rotatable bonds is 7. The van der Waals surface area contributed by atoms with Crippen LogP contribution in [0.25, 0.3) is 0 Å². The number of benzene rings is 1. The van der Waals surface area contributed by atoms with Gasteiger partial charge in [0.25, 0.3) is 0 Å². The molecule has 148 valence electrons. The molecule has 1 unspecified atom stereocenters. The highest BCUT2D eigenvalue weighted by Crippen LogP contribution is 2.30. The van der Waals surface area contributed by atoms with Crippen LogP contribution < -0.4 is 20.1 Å². The fraction of sp³-hybridized carbons (Fsp3) is 0.632. The summed E-state index contributed by atoms with van der Waals surface area (Å²) in [4.78, 5) is 6.83. The molecule has 1 saturated heterocycles. The number of nitrogens with zero attached hydrogens (tertiary/aromatic N) is 2. The molecule has 1 aliphatic heterocycles. The van der Waals surface area contributed by atoms with E-state index in [2.05, 4.69) is 27.4 Å². The van der Waals surface area contributed by atoms with E-state index < -0.39 is 0 Å². The van der Waals surface area contributed by atoms with E-state index >= 15 is 0 Å². The Morgan fingerprint density at radius 1 is 1.35 bits per heavy atom. The van der Waals surface area contributed by atoms with E-state index in [1.165, 1.54) is 25.9 Å². The smallest absolute Gasteiger partial charge is 0.195 e. The topological polar surface area (TPSA) is 58.1 Å². The van der Waals surface area contributed by atoms with Crippen LogP contribution in [-0.2, 0) is 0 Å². The van der Waals surface area contributed by atoms with Crippen LogP contribution in [0.5, 0.6) is 11.5 Å². The van der Waals surface area contributed by atoms with Crippen LogP contribution in [0.1, 0.15) is 26.7 Å². The number of methoxy groups -OCH3 is 1. The van der Waals surface area contributed by atoms with Crippen LogP contribution in [0.15, 0.2) is 23.2 Å². The molecule has 2 rings (SSSR count). The Bertz CT molecular complexity index is 568. The van der Waals surface area contributed by atoms with E-state index in [9.17, 15) is 0 Å². The second-order valence-corrected chi connectivity index (χ2v) is 6.47. The molecule has 1 aromatic carbocycles. The van der Waals surface area contributed by atoms with Crippen molar-refractivity contribution in [2.75, 3.05) is 52.3 Å². The molecule has 1 fully saturated rings. The van der Waals surface area contributed by atoms with Crippen LogP contribution in [0.2, 0.25) is 0 Å². The summed E-state index contributed by atoms with van der Waals surface area (Å²) in [6.45, 7) is 9.21. The number of piperidine rings is 1. The lowest BCUT2D eigenvalue weighted by Gasteiger charge is -2.30. The number of likely N-dealkylation sites (tertiary alicyclic amines) is 1. The second-order valence-electron chi connectivity index (χ2n) is 6.47. The van der Waals surface area contributed by atoms with E-state index in [4.69, 9.17) is 9.47 Å². The van der Waals surface area contributed by atoms with Gasteiger partial charge in [-0.1, -0.05) is 6.92 Å². The van der Waals surface area contributed by atoms with Gasteiger partial charge < -0.3 is 25.0 Å². The summed E-state index contributed by atoms with van der Waals surface area (Å²) in [6, 6.07) is 5.79. The van der Waals surface area contributed by atoms with Gasteiger partial charge in [0.05, 0.1) is 13.7 Å². The predicted octanol–water partition coefficient (Wildman–Crippen LogP) is 3.43. The van der Waals surface area contributed by atoms with Crippen LogP contribution in [0, 0.1) is 5.92 Å². The summed E-state index contributed by atoms with van der Waals surface area (Å²) >= 11 is 0. The number of nitrogens with one attached hydrogen (secondary N) is 2. The van der Waals surface area contributed by atoms with Crippen LogP contribution in [-0.4, -0.2) is 57.8 Å². The van der Waals surface area contributed by atoms with Gasteiger partial charge in [-0.2, -0.15) is 0 Å². The van der Waals surface area contributed by atoms with Gasteiger partial charge in [-0.15, -0.1) is 24.0 Å². The zero-order valence-electron chi connectivity index (χ0n) is 16.4. The molecular weight excluding hydrogens is 443 g/mol. The molecule has 0 aliphatic carbocycles. The maximum absolute atomic E-state index is 5.62. The lowest BCUT2D eigenvalue weighted by molar-refractivity contribution is 0.187. The first-order valence-corrected chi connectivity index (χ1v) is 9.17. The highest BCUT2D eigenvalue weighted by molar-refractivity contribution is 14.0. The maximum Gasteiger partial charge on any atom is 0.195 e. The molecule has 1 aromatic rings. The van der Waals surface area contributed by atoms with E-state index in [1.54, 1.807) is 14.2 Å². The first-order valence-electron chi connectivity index (χ1n) is 9.17. The number of hydrogen-bond acceptors (Lipinski definition) is 4. The maximum atomic E-state index is 5.62. The van der Waals surface area contributed by atoms with Crippen molar-refractivity contribution in [3.63, 3.8) is 0 Å². The summed E-state index contributed by atoms with van der Waals surface area (Å²) in [7, 11) is 3.43. The summed E-state index contributed by atoms with van der Waals surface area (Å²) in [6.07, 6.45) is 2.66. The molecule has 0 bridgehead atoms. The van der Waals surface area contributed by atoms with Gasteiger partial charge in [-0.25, -0.2) is 0 Å². The summed E-state index contributed by atoms with van der Waals surface area (Å²) < 4.78 is 10.9. The zero-order chi connectivity index (χ0) is 18.1. The van der Waals surface area contributed by atoms with Crippen molar-refractivity contribution in [3.05, 3.63) is 18.2 Å². The molecule has 26 heavy (non-hydrogen) atoms. The van der Waals surface area contributed by atoms with Crippen molar-refractivity contribution >= 4 is 35.6 Å². The molecular formula is C19H33IN4O2. The third-order valence-corrected chi connectivity index (χ3v) is 4.41. The van der Waals surface area contributed by atoms with Gasteiger partial charge in [0, 0.05) is 38.4 Å². The Hall–Kier alpha value is -1.22. The van der Waals surface area contributed by atoms with Crippen LogP contribution in [0.4, 0.5) is 5.69 Å². The minimum absolute atomic E-state index is 0. The molecule has 2 N–H and O–H groups in total. The molecule has 1 heterocycles. The third-order valence-electron chi connectivity index (χ3n) is 4.41. The fourth-order valence-corrected chi connectivity index (χ4v) is 3.16. The lowest BCUT2D eigenvalue weighted by atomic mass is 10.0. The molecule has 0 saturated carbocycles. The number of aliphatic imine (C=N–C) groups is 1. The molecule has 0 radical (unpaired) electrons. The summed E-state index contributed by atoms with van der Waals surface area (Å²) in [5.41, 5.74) is 0.920. The average Bonchev–Trinajstić information content (AvgIpc) is 2.61. The molecule has 7 heteroatoms. The van der Waals surface area contributed by atoms with Gasteiger partial charge in [0.15, 0.2) is 17.5 Å². The largest absolute Gasteiger partial charge is 0.493 e. The van der Waals surface area contributed by atoms with Crippen molar-refractivity contribution in [2.24, 2.45) is 10.9 Å². The molecule has 1 aliphatic rings. The highest BCUT2D eigenvalue weighted by Gasteiger charge is 2.15. The Kier molecular flexibility index (Phi) is 10.7. The van der Waals surface area contributed by atoms with E-state index in [0.717, 1.165) is 42.2 Å². The van der Waals surface area contributed by atoms with Gasteiger partial charge in [0.1, 0.15) is 0 Å². The van der Waals surface area contributed by atoms with Crippen LogP contribution in [0.3, 0.4) is 0 Å². The van der Waals surface area contributed by atoms with Gasteiger partial charge >= 0.3 is 0 Å². The minimum atomic E-state index is 0. The number of ether oxygens (including phenoxy) is 2. The number of halogens is 1. The van der Waals surface area contributed by atoms with E-state index in [1.807, 2.05) is 25.1 Å². The summed E-state index contributed by atoms with van der Waals surface area (Å²) in [5, 5.41) is 6.70. The van der Waals surface area contributed by atoms with Gasteiger partial charge in [-0.3, -0.25) is 4.99 Å². The van der Waals surface area contributed by atoms with Crippen molar-refractivity contribution in [3.8, 4) is 11.5 Å². The lowest BCUT2D eigenvalue weighted by Crippen LogP contribution is -2.41. The first-order chi connectivity index (χ1) is 12.2. The second kappa shape index (κ2) is 12.2.